The normalized spacial score (nSPS) is 16.5. The molecule has 0 aliphatic heterocycles. The Hall–Kier alpha value is -6.87. The second-order valence-electron chi connectivity index (χ2n) is 15.2. The van der Waals surface area contributed by atoms with Gasteiger partial charge < -0.3 is 24.1 Å². The maximum Gasteiger partial charge on any atom is 0.247 e. The molecule has 60 heavy (non-hydrogen) atoms. The third-order valence-electron chi connectivity index (χ3n) is 11.4. The summed E-state index contributed by atoms with van der Waals surface area (Å²) in [4.78, 5) is 15.4. The van der Waals surface area contributed by atoms with Crippen molar-refractivity contribution in [3.05, 3.63) is 234 Å². The van der Waals surface area contributed by atoms with E-state index in [0.717, 1.165) is 39.0 Å². The third-order valence-corrected chi connectivity index (χ3v) is 11.4. The lowest BCUT2D eigenvalue weighted by atomic mass is 9.77. The molecule has 0 unspecified atom stereocenters. The largest absolute Gasteiger partial charge is 0.471 e. The standard InChI is InChI=1S/C52H47N5O3/c1-38-45(36-58-33-39-20-8-2-9-21-39)47(59-34-40-22-10-3-11-23-40)32-46(38)57-37-53-48-49(57)54-51(55-50(48)60-35-41-24-12-4-13-25-41)56-52(42-26-14-5-15-27-42,43-28-16-6-17-29-43)44-30-18-7-19-31-44/h2-31,37,45-47H,1,32-36H2,(H,54,55,56)/t45-,46+,47-/m0/s1. The number of fused-ring (bicyclic) bond motifs is 1. The Balaban J connectivity index is 1.12. The van der Waals surface area contributed by atoms with Crippen LogP contribution in [0.4, 0.5) is 5.95 Å². The van der Waals surface area contributed by atoms with Gasteiger partial charge in [0.05, 0.1) is 38.3 Å². The van der Waals surface area contributed by atoms with Gasteiger partial charge in [0.2, 0.25) is 11.8 Å². The van der Waals surface area contributed by atoms with Crippen molar-refractivity contribution in [3.63, 3.8) is 0 Å². The van der Waals surface area contributed by atoms with Gasteiger partial charge in [-0.1, -0.05) is 189 Å². The van der Waals surface area contributed by atoms with E-state index in [0.29, 0.717) is 55.8 Å². The highest BCUT2D eigenvalue weighted by Gasteiger charge is 2.41. The van der Waals surface area contributed by atoms with E-state index in [4.69, 9.17) is 35.7 Å². The molecule has 0 spiro atoms. The molecule has 9 rings (SSSR count). The summed E-state index contributed by atoms with van der Waals surface area (Å²) >= 11 is 0. The van der Waals surface area contributed by atoms with E-state index in [-0.39, 0.29) is 18.1 Å². The Bertz CT molecular complexity index is 2510. The van der Waals surface area contributed by atoms with Crippen LogP contribution >= 0.6 is 0 Å². The molecule has 3 atom stereocenters. The molecule has 8 nitrogen and oxygen atoms in total. The Labute approximate surface area is 351 Å². The number of hydrogen-bond donors (Lipinski definition) is 1. The number of anilines is 1. The van der Waals surface area contributed by atoms with Crippen LogP contribution in [0.3, 0.4) is 0 Å². The van der Waals surface area contributed by atoms with Crippen molar-refractivity contribution in [2.24, 2.45) is 5.92 Å². The molecule has 0 bridgehead atoms. The summed E-state index contributed by atoms with van der Waals surface area (Å²) in [7, 11) is 0. The predicted molar refractivity (Wildman–Crippen MR) is 236 cm³/mol. The molecule has 8 aromatic rings. The number of aromatic nitrogens is 4. The number of imidazole rings is 1. The minimum Gasteiger partial charge on any atom is -0.471 e. The molecule has 6 aromatic carbocycles. The van der Waals surface area contributed by atoms with E-state index in [1.807, 2.05) is 91.3 Å². The molecule has 2 aromatic heterocycles. The van der Waals surface area contributed by atoms with E-state index < -0.39 is 5.54 Å². The Morgan fingerprint density at radius 2 is 1.08 bits per heavy atom. The summed E-state index contributed by atoms with van der Waals surface area (Å²) in [6.45, 7) is 6.48. The van der Waals surface area contributed by atoms with Crippen molar-refractivity contribution in [3.8, 4) is 5.88 Å². The van der Waals surface area contributed by atoms with Gasteiger partial charge in [-0.3, -0.25) is 0 Å². The van der Waals surface area contributed by atoms with Crippen LogP contribution in [0.5, 0.6) is 5.88 Å². The first-order valence-corrected chi connectivity index (χ1v) is 20.5. The predicted octanol–water partition coefficient (Wildman–Crippen LogP) is 10.7. The molecule has 2 heterocycles. The Morgan fingerprint density at radius 3 is 1.62 bits per heavy atom. The quantitative estimate of drug-likeness (QED) is 0.0771. The van der Waals surface area contributed by atoms with Crippen molar-refractivity contribution in [2.75, 3.05) is 11.9 Å². The summed E-state index contributed by atoms with van der Waals surface area (Å²) in [6, 6.07) is 61.8. The smallest absolute Gasteiger partial charge is 0.247 e. The number of rotatable bonds is 16. The maximum absolute atomic E-state index is 6.72. The molecule has 0 saturated heterocycles. The SMILES string of the molecule is C=C1[C@H](n2cnc3c(OCc4ccccc4)nc(NC(c4ccccc4)(c4ccccc4)c4ccccc4)nc32)C[C@H](OCc2ccccc2)[C@H]1COCc1ccccc1. The van der Waals surface area contributed by atoms with Gasteiger partial charge in [-0.05, 0) is 45.4 Å². The lowest BCUT2D eigenvalue weighted by Crippen LogP contribution is -2.38. The van der Waals surface area contributed by atoms with Crippen molar-refractivity contribution >= 4 is 17.1 Å². The fraction of sp³-hybridized carbons (Fsp3) is 0.173. The lowest BCUT2D eigenvalue weighted by molar-refractivity contribution is -0.0122. The number of nitrogens with zero attached hydrogens (tertiary/aromatic N) is 4. The summed E-state index contributed by atoms with van der Waals surface area (Å²) < 4.78 is 21.8. The third kappa shape index (κ3) is 8.21. The molecule has 8 heteroatoms. The second kappa shape index (κ2) is 18.0. The van der Waals surface area contributed by atoms with Gasteiger partial charge in [-0.2, -0.15) is 9.97 Å². The van der Waals surface area contributed by atoms with Crippen molar-refractivity contribution in [1.29, 1.82) is 0 Å². The summed E-state index contributed by atoms with van der Waals surface area (Å²) in [5.74, 6) is 0.721. The zero-order valence-electron chi connectivity index (χ0n) is 33.4. The van der Waals surface area contributed by atoms with Gasteiger partial charge in [-0.25, -0.2) is 4.98 Å². The summed E-state index contributed by atoms with van der Waals surface area (Å²) in [6.07, 6.45) is 2.37. The first-order chi connectivity index (χ1) is 29.7. The zero-order chi connectivity index (χ0) is 40.6. The fourth-order valence-corrected chi connectivity index (χ4v) is 8.32. The van der Waals surface area contributed by atoms with Crippen LogP contribution in [0.15, 0.2) is 200 Å². The molecule has 1 N–H and O–H groups in total. The van der Waals surface area contributed by atoms with Crippen LogP contribution in [0.25, 0.3) is 11.2 Å². The van der Waals surface area contributed by atoms with Crippen molar-refractivity contribution in [2.45, 2.75) is 43.9 Å². The minimum absolute atomic E-state index is 0.0602. The molecule has 1 aliphatic rings. The van der Waals surface area contributed by atoms with E-state index >= 15 is 0 Å². The number of nitrogens with one attached hydrogen (secondary N) is 1. The van der Waals surface area contributed by atoms with Gasteiger partial charge in [0.15, 0.2) is 11.2 Å². The second-order valence-corrected chi connectivity index (χ2v) is 15.2. The first-order valence-electron chi connectivity index (χ1n) is 20.5. The van der Waals surface area contributed by atoms with Gasteiger partial charge >= 0.3 is 0 Å². The highest BCUT2D eigenvalue weighted by molar-refractivity contribution is 5.78. The van der Waals surface area contributed by atoms with E-state index in [9.17, 15) is 0 Å². The average molecular weight is 790 g/mol. The molecular formula is C52H47N5O3. The molecule has 1 saturated carbocycles. The van der Waals surface area contributed by atoms with Crippen molar-refractivity contribution < 1.29 is 14.2 Å². The topological polar surface area (TPSA) is 83.3 Å². The number of ether oxygens (including phenoxy) is 3. The van der Waals surface area contributed by atoms with Crippen LogP contribution in [-0.4, -0.2) is 32.2 Å². The highest BCUT2D eigenvalue weighted by Crippen LogP contribution is 2.44. The van der Waals surface area contributed by atoms with Crippen LogP contribution in [-0.2, 0) is 34.8 Å². The Kier molecular flexibility index (Phi) is 11.6. The lowest BCUT2D eigenvalue weighted by Gasteiger charge is -2.37. The fourth-order valence-electron chi connectivity index (χ4n) is 8.32. The van der Waals surface area contributed by atoms with Crippen molar-refractivity contribution in [1.82, 2.24) is 19.5 Å². The first kappa shape index (κ1) is 38.6. The Morgan fingerprint density at radius 1 is 0.600 bits per heavy atom. The highest BCUT2D eigenvalue weighted by atomic mass is 16.5. The molecule has 0 radical (unpaired) electrons. The minimum atomic E-state index is -0.868. The molecule has 1 aliphatic carbocycles. The summed E-state index contributed by atoms with van der Waals surface area (Å²) in [5, 5.41) is 3.88. The number of hydrogen-bond acceptors (Lipinski definition) is 7. The van der Waals surface area contributed by atoms with E-state index in [2.05, 4.69) is 107 Å². The number of benzene rings is 6. The molecule has 0 amide bonds. The molecule has 298 valence electrons. The van der Waals surface area contributed by atoms with Gasteiger partial charge in [-0.15, -0.1) is 0 Å². The summed E-state index contributed by atoms with van der Waals surface area (Å²) in [5.41, 5.74) is 7.71. The van der Waals surface area contributed by atoms with Gasteiger partial charge in [0.25, 0.3) is 0 Å². The van der Waals surface area contributed by atoms with Gasteiger partial charge in [0.1, 0.15) is 12.1 Å². The molecule has 1 fully saturated rings. The van der Waals surface area contributed by atoms with E-state index in [1.54, 1.807) is 0 Å². The van der Waals surface area contributed by atoms with Crippen LogP contribution in [0.1, 0.15) is 45.8 Å². The average Bonchev–Trinajstić information content (AvgIpc) is 3.88. The van der Waals surface area contributed by atoms with Crippen LogP contribution in [0, 0.1) is 5.92 Å². The monoisotopic (exact) mass is 789 g/mol. The van der Waals surface area contributed by atoms with Crippen LogP contribution in [0.2, 0.25) is 0 Å². The molecular weight excluding hydrogens is 743 g/mol. The van der Waals surface area contributed by atoms with Gasteiger partial charge in [0, 0.05) is 5.92 Å². The zero-order valence-corrected chi connectivity index (χ0v) is 33.4. The van der Waals surface area contributed by atoms with E-state index in [1.165, 1.54) is 0 Å². The van der Waals surface area contributed by atoms with Crippen LogP contribution < -0.4 is 10.1 Å². The maximum atomic E-state index is 6.72.